The van der Waals surface area contributed by atoms with Gasteiger partial charge in [0.2, 0.25) is 5.76 Å². The minimum atomic E-state index is -1.22. The summed E-state index contributed by atoms with van der Waals surface area (Å²) in [5.74, 6) is -0.856. The Morgan fingerprint density at radius 1 is 1.22 bits per heavy atom. The van der Waals surface area contributed by atoms with Crippen molar-refractivity contribution >= 4 is 17.6 Å². The number of anilines is 1. The van der Waals surface area contributed by atoms with E-state index in [1.54, 1.807) is 18.2 Å². The molecule has 0 bridgehead atoms. The summed E-state index contributed by atoms with van der Waals surface area (Å²) >= 11 is 0. The van der Waals surface area contributed by atoms with Gasteiger partial charge in [0.1, 0.15) is 5.75 Å². The third-order valence-electron chi connectivity index (χ3n) is 3.10. The maximum absolute atomic E-state index is 12.0. The van der Waals surface area contributed by atoms with Crippen molar-refractivity contribution in [2.24, 2.45) is 5.92 Å². The van der Waals surface area contributed by atoms with E-state index in [1.165, 1.54) is 12.1 Å². The normalized spacial score (nSPS) is 10.6. The monoisotopic (exact) mass is 317 g/mol. The Kier molecular flexibility index (Phi) is 5.41. The van der Waals surface area contributed by atoms with Gasteiger partial charge in [-0.1, -0.05) is 19.9 Å². The van der Waals surface area contributed by atoms with Gasteiger partial charge < -0.3 is 19.6 Å². The van der Waals surface area contributed by atoms with E-state index < -0.39 is 11.9 Å². The third kappa shape index (κ3) is 4.88. The molecule has 2 aromatic rings. The summed E-state index contributed by atoms with van der Waals surface area (Å²) in [6.45, 7) is 4.85. The van der Waals surface area contributed by atoms with Crippen LogP contribution in [0.4, 0.5) is 5.69 Å². The fourth-order valence-corrected chi connectivity index (χ4v) is 1.84. The van der Waals surface area contributed by atoms with E-state index in [0.717, 1.165) is 6.42 Å². The molecule has 2 rings (SSSR count). The fourth-order valence-electron chi connectivity index (χ4n) is 1.84. The van der Waals surface area contributed by atoms with Crippen molar-refractivity contribution < 1.29 is 23.8 Å². The zero-order valence-electron chi connectivity index (χ0n) is 13.0. The van der Waals surface area contributed by atoms with Gasteiger partial charge in [0, 0.05) is 11.8 Å². The lowest BCUT2D eigenvalue weighted by atomic mass is 10.1. The van der Waals surface area contributed by atoms with Crippen LogP contribution >= 0.6 is 0 Å². The summed E-state index contributed by atoms with van der Waals surface area (Å²) in [7, 11) is 0. The average molecular weight is 317 g/mol. The van der Waals surface area contributed by atoms with Crippen molar-refractivity contribution in [3.8, 4) is 5.75 Å². The largest absolute Gasteiger partial charge is 0.494 e. The highest BCUT2D eigenvalue weighted by Crippen LogP contribution is 2.19. The van der Waals surface area contributed by atoms with Gasteiger partial charge in [-0.2, -0.15) is 0 Å². The summed E-state index contributed by atoms with van der Waals surface area (Å²) in [6, 6.07) is 9.56. The highest BCUT2D eigenvalue weighted by Gasteiger charge is 2.15. The van der Waals surface area contributed by atoms with Crippen LogP contribution in [0.1, 0.15) is 41.4 Å². The second-order valence-corrected chi connectivity index (χ2v) is 5.48. The molecule has 0 saturated carbocycles. The van der Waals surface area contributed by atoms with Crippen LogP contribution in [0.3, 0.4) is 0 Å². The molecule has 6 nitrogen and oxygen atoms in total. The molecule has 0 saturated heterocycles. The first-order chi connectivity index (χ1) is 11.0. The van der Waals surface area contributed by atoms with Crippen LogP contribution in [0.25, 0.3) is 0 Å². The van der Waals surface area contributed by atoms with Gasteiger partial charge in [0.05, 0.1) is 6.61 Å². The Morgan fingerprint density at radius 2 is 1.96 bits per heavy atom. The number of amides is 1. The number of carboxylic acid groups (broad SMARTS) is 1. The standard InChI is InChI=1S/C17H19NO5/c1-11(2)8-9-22-13-5-3-4-12(10-13)18-16(19)14-6-7-15(23-14)17(20)21/h3-7,10-11H,8-9H2,1-2H3,(H,18,19)(H,20,21). The van der Waals surface area contributed by atoms with E-state index in [9.17, 15) is 9.59 Å². The first-order valence-electron chi connectivity index (χ1n) is 7.33. The predicted octanol–water partition coefficient (Wildman–Crippen LogP) is 3.66. The van der Waals surface area contributed by atoms with Crippen molar-refractivity contribution in [3.63, 3.8) is 0 Å². The van der Waals surface area contributed by atoms with Crippen LogP contribution in [-0.4, -0.2) is 23.6 Å². The third-order valence-corrected chi connectivity index (χ3v) is 3.10. The van der Waals surface area contributed by atoms with Gasteiger partial charge >= 0.3 is 5.97 Å². The molecule has 0 radical (unpaired) electrons. The Labute approximate surface area is 134 Å². The van der Waals surface area contributed by atoms with E-state index in [1.807, 2.05) is 6.07 Å². The average Bonchev–Trinajstić information content (AvgIpc) is 2.97. The minimum absolute atomic E-state index is 0.0615. The number of carboxylic acids is 1. The van der Waals surface area contributed by atoms with Gasteiger partial charge in [0.15, 0.2) is 5.76 Å². The highest BCUT2D eigenvalue weighted by molar-refractivity contribution is 6.03. The van der Waals surface area contributed by atoms with Crippen LogP contribution in [0.2, 0.25) is 0 Å². The van der Waals surface area contributed by atoms with Gasteiger partial charge in [-0.3, -0.25) is 4.79 Å². The van der Waals surface area contributed by atoms with E-state index >= 15 is 0 Å². The van der Waals surface area contributed by atoms with Crippen molar-refractivity contribution in [1.82, 2.24) is 0 Å². The van der Waals surface area contributed by atoms with Crippen LogP contribution in [0.15, 0.2) is 40.8 Å². The van der Waals surface area contributed by atoms with E-state index in [4.69, 9.17) is 14.3 Å². The topological polar surface area (TPSA) is 88.8 Å². The summed E-state index contributed by atoms with van der Waals surface area (Å²) in [5, 5.41) is 11.4. The fraction of sp³-hybridized carbons (Fsp3) is 0.294. The van der Waals surface area contributed by atoms with E-state index in [0.29, 0.717) is 24.0 Å². The number of ether oxygens (including phenoxy) is 1. The van der Waals surface area contributed by atoms with Crippen LogP contribution < -0.4 is 10.1 Å². The lowest BCUT2D eigenvalue weighted by Gasteiger charge is -2.09. The molecule has 1 heterocycles. The molecule has 0 aliphatic rings. The number of carbonyl (C=O) groups excluding carboxylic acids is 1. The highest BCUT2D eigenvalue weighted by atomic mass is 16.5. The zero-order valence-corrected chi connectivity index (χ0v) is 13.0. The number of nitrogens with one attached hydrogen (secondary N) is 1. The van der Waals surface area contributed by atoms with Crippen molar-refractivity contribution in [3.05, 3.63) is 47.9 Å². The zero-order chi connectivity index (χ0) is 16.8. The molecule has 23 heavy (non-hydrogen) atoms. The SMILES string of the molecule is CC(C)CCOc1cccc(NC(=O)c2ccc(C(=O)O)o2)c1. The minimum Gasteiger partial charge on any atom is -0.494 e. The summed E-state index contributed by atoms with van der Waals surface area (Å²) in [6.07, 6.45) is 0.945. The van der Waals surface area contributed by atoms with Crippen LogP contribution in [0, 0.1) is 5.92 Å². The second kappa shape index (κ2) is 7.49. The number of carbonyl (C=O) groups is 2. The molecule has 0 spiro atoms. The molecule has 0 unspecified atom stereocenters. The van der Waals surface area contributed by atoms with Gasteiger partial charge in [-0.25, -0.2) is 4.79 Å². The lowest BCUT2D eigenvalue weighted by molar-refractivity contribution is 0.0660. The molecule has 1 aromatic carbocycles. The number of hydrogen-bond donors (Lipinski definition) is 2. The number of furan rings is 1. The number of hydrogen-bond acceptors (Lipinski definition) is 4. The van der Waals surface area contributed by atoms with Crippen molar-refractivity contribution in [1.29, 1.82) is 0 Å². The smallest absolute Gasteiger partial charge is 0.371 e. The summed E-state index contributed by atoms with van der Waals surface area (Å²) in [5.41, 5.74) is 0.547. The number of rotatable bonds is 7. The Hall–Kier alpha value is -2.76. The maximum Gasteiger partial charge on any atom is 0.371 e. The Balaban J connectivity index is 1.98. The first-order valence-corrected chi connectivity index (χ1v) is 7.33. The molecule has 0 fully saturated rings. The molecule has 0 atom stereocenters. The molecule has 0 aliphatic heterocycles. The Morgan fingerprint density at radius 3 is 2.61 bits per heavy atom. The van der Waals surface area contributed by atoms with Gasteiger partial charge in [0.25, 0.3) is 5.91 Å². The summed E-state index contributed by atoms with van der Waals surface area (Å²) < 4.78 is 10.6. The predicted molar refractivity (Wildman–Crippen MR) is 85.0 cm³/mol. The maximum atomic E-state index is 12.0. The van der Waals surface area contributed by atoms with Gasteiger partial charge in [-0.15, -0.1) is 0 Å². The van der Waals surface area contributed by atoms with Crippen LogP contribution in [0.5, 0.6) is 5.75 Å². The molecule has 122 valence electrons. The van der Waals surface area contributed by atoms with Gasteiger partial charge in [-0.05, 0) is 36.6 Å². The van der Waals surface area contributed by atoms with Crippen molar-refractivity contribution in [2.75, 3.05) is 11.9 Å². The number of aromatic carboxylic acids is 1. The van der Waals surface area contributed by atoms with Crippen LogP contribution in [-0.2, 0) is 0 Å². The molecular formula is C17H19NO5. The Bertz CT molecular complexity index is 690. The molecule has 2 N–H and O–H groups in total. The quantitative estimate of drug-likeness (QED) is 0.813. The second-order valence-electron chi connectivity index (χ2n) is 5.48. The lowest BCUT2D eigenvalue weighted by Crippen LogP contribution is -2.11. The summed E-state index contributed by atoms with van der Waals surface area (Å²) in [4.78, 5) is 22.8. The molecule has 1 aromatic heterocycles. The van der Waals surface area contributed by atoms with E-state index in [-0.39, 0.29) is 11.5 Å². The number of benzene rings is 1. The van der Waals surface area contributed by atoms with E-state index in [2.05, 4.69) is 19.2 Å². The molecule has 1 amide bonds. The van der Waals surface area contributed by atoms with Crippen molar-refractivity contribution in [2.45, 2.75) is 20.3 Å². The molecular weight excluding hydrogens is 298 g/mol. The molecule has 6 heteroatoms. The molecule has 0 aliphatic carbocycles. The first kappa shape index (κ1) is 16.6.